The first-order valence-electron chi connectivity index (χ1n) is 4.25. The van der Waals surface area contributed by atoms with Gasteiger partial charge in [0.25, 0.3) is 0 Å². The maximum atomic E-state index is 5.06. The molecule has 0 nitrogen and oxygen atoms in total. The van der Waals surface area contributed by atoms with Crippen LogP contribution in [-0.2, 0) is 0 Å². The molecular weight excluding hydrogens is 132 g/mol. The summed E-state index contributed by atoms with van der Waals surface area (Å²) < 4.78 is 0. The van der Waals surface area contributed by atoms with E-state index >= 15 is 0 Å². The van der Waals surface area contributed by atoms with Gasteiger partial charge in [-0.1, -0.05) is 13.8 Å². The Hall–Kier alpha value is -0.880. The van der Waals surface area contributed by atoms with Crippen LogP contribution in [0, 0.1) is 24.2 Å². The summed E-state index contributed by atoms with van der Waals surface area (Å²) in [5.41, 5.74) is 0. The molecule has 0 aliphatic heterocycles. The van der Waals surface area contributed by atoms with Gasteiger partial charge in [-0.05, 0) is 19.8 Å². The van der Waals surface area contributed by atoms with Crippen LogP contribution in [0.4, 0.5) is 0 Å². The molecule has 0 amide bonds. The van der Waals surface area contributed by atoms with Crippen LogP contribution < -0.4 is 0 Å². The van der Waals surface area contributed by atoms with Crippen molar-refractivity contribution in [1.82, 2.24) is 0 Å². The zero-order valence-electron chi connectivity index (χ0n) is 7.91. The normalized spacial score (nSPS) is 6.36. The van der Waals surface area contributed by atoms with Crippen molar-refractivity contribution < 1.29 is 0 Å². The van der Waals surface area contributed by atoms with E-state index in [0.717, 1.165) is 25.7 Å². The number of hydrogen-bond donors (Lipinski definition) is 0. The first-order chi connectivity index (χ1) is 5.41. The number of unbranched alkanes of at least 4 members (excludes halogenated alkanes) is 3. The Morgan fingerprint density at radius 2 is 1.64 bits per heavy atom. The van der Waals surface area contributed by atoms with E-state index in [-0.39, 0.29) is 0 Å². The van der Waals surface area contributed by atoms with Gasteiger partial charge in [-0.3, -0.25) is 0 Å². The third-order valence-electron chi connectivity index (χ3n) is 1.05. The van der Waals surface area contributed by atoms with Crippen molar-refractivity contribution in [2.45, 2.75) is 46.5 Å². The molecule has 0 spiro atoms. The van der Waals surface area contributed by atoms with E-state index in [9.17, 15) is 0 Å². The Morgan fingerprint density at radius 1 is 1.09 bits per heavy atom. The van der Waals surface area contributed by atoms with Crippen molar-refractivity contribution >= 4 is 0 Å². The largest absolute Gasteiger partial charge is 0.120 e. The molecule has 0 aliphatic carbocycles. The van der Waals surface area contributed by atoms with E-state index in [1.54, 1.807) is 0 Å². The molecule has 0 aliphatic rings. The second-order valence-electron chi connectivity index (χ2n) is 1.84. The molecule has 0 rings (SSSR count). The zero-order chi connectivity index (χ0) is 8.95. The Labute approximate surface area is 71.4 Å². The Morgan fingerprint density at radius 3 is 2.09 bits per heavy atom. The van der Waals surface area contributed by atoms with Crippen LogP contribution in [0.3, 0.4) is 0 Å². The van der Waals surface area contributed by atoms with E-state index in [1.165, 1.54) is 0 Å². The van der Waals surface area contributed by atoms with Gasteiger partial charge in [-0.25, -0.2) is 0 Å². The van der Waals surface area contributed by atoms with Gasteiger partial charge in [0.05, 0.1) is 0 Å². The lowest BCUT2D eigenvalue weighted by Crippen LogP contribution is -1.71. The van der Waals surface area contributed by atoms with E-state index < -0.39 is 0 Å². The lowest BCUT2D eigenvalue weighted by molar-refractivity contribution is 0.783. The Kier molecular flexibility index (Phi) is 18.6. The minimum Gasteiger partial charge on any atom is -0.120 e. The molecular formula is C11H18. The molecule has 0 fully saturated rings. The summed E-state index contributed by atoms with van der Waals surface area (Å²) in [6, 6.07) is 0. The minimum atomic E-state index is 0.894. The number of hydrogen-bond acceptors (Lipinski definition) is 0. The molecule has 11 heavy (non-hydrogen) atoms. The first-order valence-corrected chi connectivity index (χ1v) is 4.25. The second-order valence-corrected chi connectivity index (χ2v) is 1.84. The summed E-state index contributed by atoms with van der Waals surface area (Å²) >= 11 is 0. The molecule has 62 valence electrons. The first kappa shape index (κ1) is 12.8. The van der Waals surface area contributed by atoms with Crippen LogP contribution in [0.5, 0.6) is 0 Å². The van der Waals surface area contributed by atoms with E-state index in [4.69, 9.17) is 6.42 Å². The minimum absolute atomic E-state index is 0.894. The van der Waals surface area contributed by atoms with Crippen LogP contribution in [0.2, 0.25) is 0 Å². The van der Waals surface area contributed by atoms with Crippen molar-refractivity contribution in [2.75, 3.05) is 0 Å². The molecule has 0 aromatic carbocycles. The maximum absolute atomic E-state index is 5.06. The predicted octanol–water partition coefficient (Wildman–Crippen LogP) is 3.23. The molecule has 0 heterocycles. The molecule has 0 bridgehead atoms. The van der Waals surface area contributed by atoms with E-state index in [2.05, 4.69) is 17.8 Å². The van der Waals surface area contributed by atoms with Crippen molar-refractivity contribution in [2.24, 2.45) is 0 Å². The van der Waals surface area contributed by atoms with Crippen LogP contribution in [0.15, 0.2) is 0 Å². The second kappa shape index (κ2) is 16.1. The molecule has 0 heteroatoms. The maximum Gasteiger partial charge on any atom is 0.00889 e. The molecule has 0 atom stereocenters. The van der Waals surface area contributed by atoms with Gasteiger partial charge in [-0.2, -0.15) is 0 Å². The average Bonchev–Trinajstić information content (AvgIpc) is 2.08. The highest BCUT2D eigenvalue weighted by atomic mass is 13.8. The monoisotopic (exact) mass is 150 g/mol. The van der Waals surface area contributed by atoms with Gasteiger partial charge in [0.15, 0.2) is 0 Å². The molecule has 0 saturated heterocycles. The number of rotatable bonds is 3. The topological polar surface area (TPSA) is 0 Å². The van der Waals surface area contributed by atoms with E-state index in [1.807, 2.05) is 20.8 Å². The molecule has 0 saturated carbocycles. The fraction of sp³-hybridized carbons (Fsp3) is 0.636. The fourth-order valence-electron chi connectivity index (χ4n) is 0.565. The summed E-state index contributed by atoms with van der Waals surface area (Å²) in [6.45, 7) is 5.86. The Bertz CT molecular complexity index is 138. The molecule has 0 N–H and O–H groups in total. The Balaban J connectivity index is 0. The van der Waals surface area contributed by atoms with Gasteiger partial charge < -0.3 is 0 Å². The standard InChI is InChI=1S/C9H12.C2H6/c1-3-5-7-9-8-6-4-2;1-2/h1H,5,7-9H2,2H3;1-2H3. The highest BCUT2D eigenvalue weighted by molar-refractivity contribution is 4.94. The van der Waals surface area contributed by atoms with Gasteiger partial charge in [0.1, 0.15) is 0 Å². The molecule has 0 radical (unpaired) electrons. The van der Waals surface area contributed by atoms with Crippen LogP contribution in [-0.4, -0.2) is 0 Å². The summed E-state index contributed by atoms with van der Waals surface area (Å²) in [4.78, 5) is 0. The quantitative estimate of drug-likeness (QED) is 0.428. The van der Waals surface area contributed by atoms with Gasteiger partial charge in [-0.15, -0.1) is 24.2 Å². The van der Waals surface area contributed by atoms with Crippen molar-refractivity contribution in [1.29, 1.82) is 0 Å². The highest BCUT2D eigenvalue weighted by Crippen LogP contribution is 1.96. The van der Waals surface area contributed by atoms with Crippen LogP contribution in [0.1, 0.15) is 46.5 Å². The van der Waals surface area contributed by atoms with Gasteiger partial charge >= 0.3 is 0 Å². The molecule has 0 unspecified atom stereocenters. The summed E-state index contributed by atoms with van der Waals surface area (Å²) in [5, 5.41) is 0. The SMILES string of the molecule is C#CCCCCC#CC.CC. The molecule has 0 aromatic heterocycles. The summed E-state index contributed by atoms with van der Waals surface area (Å²) in [6.07, 6.45) is 9.21. The number of terminal acetylenes is 1. The smallest absolute Gasteiger partial charge is 0.00889 e. The van der Waals surface area contributed by atoms with Gasteiger partial charge in [0.2, 0.25) is 0 Å². The zero-order valence-corrected chi connectivity index (χ0v) is 7.91. The molecule has 0 aromatic rings. The summed E-state index contributed by atoms with van der Waals surface area (Å²) in [5.74, 6) is 8.43. The van der Waals surface area contributed by atoms with Crippen LogP contribution in [0.25, 0.3) is 0 Å². The van der Waals surface area contributed by atoms with Crippen molar-refractivity contribution in [3.63, 3.8) is 0 Å². The van der Waals surface area contributed by atoms with Crippen molar-refractivity contribution in [3.05, 3.63) is 0 Å². The third kappa shape index (κ3) is 17.6. The lowest BCUT2D eigenvalue weighted by Gasteiger charge is -1.86. The van der Waals surface area contributed by atoms with Crippen LogP contribution >= 0.6 is 0 Å². The third-order valence-corrected chi connectivity index (χ3v) is 1.05. The highest BCUT2D eigenvalue weighted by Gasteiger charge is 1.80. The average molecular weight is 150 g/mol. The predicted molar refractivity (Wildman–Crippen MR) is 52.1 cm³/mol. The fourth-order valence-corrected chi connectivity index (χ4v) is 0.565. The lowest BCUT2D eigenvalue weighted by atomic mass is 10.2. The van der Waals surface area contributed by atoms with E-state index in [0.29, 0.717) is 0 Å². The van der Waals surface area contributed by atoms with Crippen molar-refractivity contribution in [3.8, 4) is 24.2 Å². The van der Waals surface area contributed by atoms with Gasteiger partial charge in [0, 0.05) is 12.8 Å². The summed E-state index contributed by atoms with van der Waals surface area (Å²) in [7, 11) is 0.